The largest absolute Gasteiger partial charge is 0.480 e. The molecule has 1 atom stereocenters. The number of carboxylic acids is 1. The average molecular weight is 303 g/mol. The molecule has 114 valence electrons. The second-order valence-corrected chi connectivity index (χ2v) is 5.65. The number of amides is 3. The van der Waals surface area contributed by atoms with Gasteiger partial charge >= 0.3 is 12.0 Å². The molecule has 7 nitrogen and oxygen atoms in total. The van der Waals surface area contributed by atoms with E-state index in [9.17, 15) is 14.4 Å². The van der Waals surface area contributed by atoms with Crippen molar-refractivity contribution >= 4 is 29.7 Å². The molecule has 0 saturated heterocycles. The van der Waals surface area contributed by atoms with Gasteiger partial charge in [0.2, 0.25) is 5.91 Å². The Bertz CT molecular complexity index is 361. The van der Waals surface area contributed by atoms with Crippen LogP contribution in [0.2, 0.25) is 0 Å². The van der Waals surface area contributed by atoms with Gasteiger partial charge in [-0.25, -0.2) is 9.59 Å². The number of nitrogens with one attached hydrogen (secondary N) is 3. The SMILES string of the molecule is CSCC[C@@H](NC(=O)NCCC(=O)NC1CC1)C(=O)O. The summed E-state index contributed by atoms with van der Waals surface area (Å²) in [6.45, 7) is 0.194. The summed E-state index contributed by atoms with van der Waals surface area (Å²) < 4.78 is 0. The smallest absolute Gasteiger partial charge is 0.326 e. The zero-order chi connectivity index (χ0) is 15.0. The first-order chi connectivity index (χ1) is 9.52. The van der Waals surface area contributed by atoms with Crippen molar-refractivity contribution in [3.8, 4) is 0 Å². The normalized spacial score (nSPS) is 15.2. The molecule has 1 aliphatic carbocycles. The van der Waals surface area contributed by atoms with Gasteiger partial charge in [-0.1, -0.05) is 0 Å². The van der Waals surface area contributed by atoms with Crippen LogP contribution in [0, 0.1) is 0 Å². The van der Waals surface area contributed by atoms with Crippen LogP contribution in [0.1, 0.15) is 25.7 Å². The Morgan fingerprint density at radius 2 is 2.05 bits per heavy atom. The molecule has 0 unspecified atom stereocenters. The van der Waals surface area contributed by atoms with Gasteiger partial charge < -0.3 is 21.1 Å². The molecule has 20 heavy (non-hydrogen) atoms. The molecule has 1 rings (SSSR count). The van der Waals surface area contributed by atoms with Crippen LogP contribution in [0.4, 0.5) is 4.79 Å². The fraction of sp³-hybridized carbons (Fsp3) is 0.750. The summed E-state index contributed by atoms with van der Waals surface area (Å²) in [5, 5.41) is 16.6. The minimum atomic E-state index is -1.05. The predicted octanol–water partition coefficient (Wildman–Crippen LogP) is 0.161. The van der Waals surface area contributed by atoms with Crippen molar-refractivity contribution in [2.24, 2.45) is 0 Å². The Hall–Kier alpha value is -1.44. The number of hydrogen-bond donors (Lipinski definition) is 4. The number of thioether (sulfide) groups is 1. The molecule has 0 aromatic rings. The van der Waals surface area contributed by atoms with Gasteiger partial charge in [0.1, 0.15) is 6.04 Å². The molecule has 0 radical (unpaired) electrons. The van der Waals surface area contributed by atoms with Crippen LogP contribution < -0.4 is 16.0 Å². The van der Waals surface area contributed by atoms with E-state index in [-0.39, 0.29) is 18.9 Å². The second kappa shape index (κ2) is 8.68. The summed E-state index contributed by atoms with van der Waals surface area (Å²) in [6, 6.07) is -1.15. The summed E-state index contributed by atoms with van der Waals surface area (Å²) in [5.41, 5.74) is 0. The number of carboxylic acid groups (broad SMARTS) is 1. The maximum atomic E-state index is 11.5. The highest BCUT2D eigenvalue weighted by Crippen LogP contribution is 2.18. The number of rotatable bonds is 9. The van der Waals surface area contributed by atoms with Gasteiger partial charge in [-0.2, -0.15) is 11.8 Å². The third-order valence-corrected chi connectivity index (χ3v) is 3.44. The predicted molar refractivity (Wildman–Crippen MR) is 76.7 cm³/mol. The number of carbonyl (C=O) groups is 3. The molecule has 0 bridgehead atoms. The first kappa shape index (κ1) is 16.6. The lowest BCUT2D eigenvalue weighted by molar-refractivity contribution is -0.139. The fourth-order valence-corrected chi connectivity index (χ4v) is 1.99. The zero-order valence-electron chi connectivity index (χ0n) is 11.5. The summed E-state index contributed by atoms with van der Waals surface area (Å²) >= 11 is 1.52. The van der Waals surface area contributed by atoms with Crippen LogP contribution in [0.15, 0.2) is 0 Å². The molecule has 1 fully saturated rings. The van der Waals surface area contributed by atoms with E-state index < -0.39 is 18.0 Å². The topological polar surface area (TPSA) is 108 Å². The van der Waals surface area contributed by atoms with Crippen molar-refractivity contribution in [3.63, 3.8) is 0 Å². The van der Waals surface area contributed by atoms with E-state index in [1.807, 2.05) is 6.26 Å². The third kappa shape index (κ3) is 7.22. The van der Waals surface area contributed by atoms with E-state index in [0.717, 1.165) is 12.8 Å². The quantitative estimate of drug-likeness (QED) is 0.485. The van der Waals surface area contributed by atoms with Gasteiger partial charge in [0, 0.05) is 19.0 Å². The van der Waals surface area contributed by atoms with Crippen LogP contribution in [-0.4, -0.2) is 53.7 Å². The molecule has 4 N–H and O–H groups in total. The van der Waals surface area contributed by atoms with Gasteiger partial charge in [-0.15, -0.1) is 0 Å². The van der Waals surface area contributed by atoms with E-state index in [4.69, 9.17) is 5.11 Å². The Kier molecular flexibility index (Phi) is 7.21. The minimum Gasteiger partial charge on any atom is -0.480 e. The highest BCUT2D eigenvalue weighted by molar-refractivity contribution is 7.98. The third-order valence-electron chi connectivity index (χ3n) is 2.79. The zero-order valence-corrected chi connectivity index (χ0v) is 12.3. The minimum absolute atomic E-state index is 0.0926. The summed E-state index contributed by atoms with van der Waals surface area (Å²) in [6.07, 6.45) is 4.49. The molecule has 0 aliphatic heterocycles. The van der Waals surface area contributed by atoms with Crippen molar-refractivity contribution in [1.29, 1.82) is 0 Å². The molecule has 0 aromatic heterocycles. The lowest BCUT2D eigenvalue weighted by Gasteiger charge is -2.14. The average Bonchev–Trinajstić information content (AvgIpc) is 3.17. The van der Waals surface area contributed by atoms with Gasteiger partial charge in [0.15, 0.2) is 0 Å². The first-order valence-corrected chi connectivity index (χ1v) is 7.97. The summed E-state index contributed by atoms with van der Waals surface area (Å²) in [4.78, 5) is 33.8. The van der Waals surface area contributed by atoms with Crippen LogP contribution in [-0.2, 0) is 9.59 Å². The van der Waals surface area contributed by atoms with Gasteiger partial charge in [0.25, 0.3) is 0 Å². The van der Waals surface area contributed by atoms with Crippen LogP contribution >= 0.6 is 11.8 Å². The second-order valence-electron chi connectivity index (χ2n) is 4.66. The van der Waals surface area contributed by atoms with E-state index in [0.29, 0.717) is 18.2 Å². The lowest BCUT2D eigenvalue weighted by atomic mass is 10.2. The van der Waals surface area contributed by atoms with Crippen molar-refractivity contribution in [2.75, 3.05) is 18.6 Å². The Morgan fingerprint density at radius 3 is 2.60 bits per heavy atom. The highest BCUT2D eigenvalue weighted by Gasteiger charge is 2.23. The molecule has 8 heteroatoms. The van der Waals surface area contributed by atoms with Crippen molar-refractivity contribution < 1.29 is 19.5 Å². The van der Waals surface area contributed by atoms with Crippen molar-refractivity contribution in [3.05, 3.63) is 0 Å². The highest BCUT2D eigenvalue weighted by atomic mass is 32.2. The molecule has 0 heterocycles. The maximum absolute atomic E-state index is 11.5. The monoisotopic (exact) mass is 303 g/mol. The molecule has 1 aliphatic rings. The van der Waals surface area contributed by atoms with Crippen LogP contribution in [0.5, 0.6) is 0 Å². The van der Waals surface area contributed by atoms with E-state index in [1.165, 1.54) is 11.8 Å². The van der Waals surface area contributed by atoms with Gasteiger partial charge in [-0.3, -0.25) is 4.79 Å². The molecule has 0 aromatic carbocycles. The molecular formula is C12H21N3O4S. The van der Waals surface area contributed by atoms with E-state index in [2.05, 4.69) is 16.0 Å². The standard InChI is InChI=1S/C12H21N3O4S/c1-20-7-5-9(11(17)18)15-12(19)13-6-4-10(16)14-8-2-3-8/h8-9H,2-7H2,1H3,(H,14,16)(H,17,18)(H2,13,15,19)/t9-/m1/s1. The molecule has 0 spiro atoms. The van der Waals surface area contributed by atoms with E-state index >= 15 is 0 Å². The number of urea groups is 1. The number of carbonyl (C=O) groups excluding carboxylic acids is 2. The summed E-state index contributed by atoms with van der Waals surface area (Å²) in [5.74, 6) is -0.494. The Morgan fingerprint density at radius 1 is 1.35 bits per heavy atom. The van der Waals surface area contributed by atoms with Gasteiger partial charge in [-0.05, 0) is 31.3 Å². The molecule has 1 saturated carbocycles. The Labute approximate surface area is 122 Å². The lowest BCUT2D eigenvalue weighted by Crippen LogP contribution is -2.47. The van der Waals surface area contributed by atoms with Crippen molar-refractivity contribution in [1.82, 2.24) is 16.0 Å². The van der Waals surface area contributed by atoms with Crippen molar-refractivity contribution in [2.45, 2.75) is 37.8 Å². The number of aliphatic carboxylic acids is 1. The Balaban J connectivity index is 2.16. The van der Waals surface area contributed by atoms with E-state index in [1.54, 1.807) is 0 Å². The molecule has 3 amide bonds. The van der Waals surface area contributed by atoms with Gasteiger partial charge in [0.05, 0.1) is 0 Å². The fourth-order valence-electron chi connectivity index (χ4n) is 1.52. The number of hydrogen-bond acceptors (Lipinski definition) is 4. The van der Waals surface area contributed by atoms with Crippen LogP contribution in [0.25, 0.3) is 0 Å². The molecular weight excluding hydrogens is 282 g/mol. The first-order valence-electron chi connectivity index (χ1n) is 6.58. The summed E-state index contributed by atoms with van der Waals surface area (Å²) in [7, 11) is 0. The maximum Gasteiger partial charge on any atom is 0.326 e. The van der Waals surface area contributed by atoms with Crippen LogP contribution in [0.3, 0.4) is 0 Å².